The summed E-state index contributed by atoms with van der Waals surface area (Å²) in [4.78, 5) is 10.6. The number of hydrogen-bond donors (Lipinski definition) is 1. The van der Waals surface area contributed by atoms with Crippen molar-refractivity contribution in [3.05, 3.63) is 28.3 Å². The van der Waals surface area contributed by atoms with E-state index < -0.39 is 25.7 Å². The maximum absolute atomic E-state index is 13.1. The van der Waals surface area contributed by atoms with Crippen LogP contribution in [0, 0.1) is 10.1 Å². The van der Waals surface area contributed by atoms with Crippen LogP contribution in [0.2, 0.25) is 0 Å². The van der Waals surface area contributed by atoms with Crippen molar-refractivity contribution in [3.63, 3.8) is 0 Å². The normalized spacial score (nSPS) is 24.8. The fourth-order valence-electron chi connectivity index (χ4n) is 4.00. The number of rotatable bonds is 7. The molecule has 0 amide bonds. The highest BCUT2D eigenvalue weighted by Crippen LogP contribution is 2.33. The van der Waals surface area contributed by atoms with Gasteiger partial charge in [0.05, 0.1) is 10.6 Å². The van der Waals surface area contributed by atoms with Crippen LogP contribution < -0.4 is 5.32 Å². The molecule has 28 heavy (non-hydrogen) atoms. The Balaban J connectivity index is 1.90. The van der Waals surface area contributed by atoms with Crippen LogP contribution >= 0.6 is 0 Å². The van der Waals surface area contributed by atoms with Crippen LogP contribution in [0.15, 0.2) is 23.1 Å². The number of anilines is 1. The van der Waals surface area contributed by atoms with Gasteiger partial charge in [0.15, 0.2) is 0 Å². The van der Waals surface area contributed by atoms with Crippen LogP contribution in [-0.4, -0.2) is 52.0 Å². The highest BCUT2D eigenvalue weighted by molar-refractivity contribution is 7.89. The highest BCUT2D eigenvalue weighted by atomic mass is 32.2. The second kappa shape index (κ2) is 8.87. The van der Waals surface area contributed by atoms with Gasteiger partial charge in [-0.1, -0.05) is 13.3 Å². The number of benzene rings is 1. The zero-order valence-corrected chi connectivity index (χ0v) is 17.6. The van der Waals surface area contributed by atoms with Gasteiger partial charge in [0, 0.05) is 53.1 Å². The van der Waals surface area contributed by atoms with Crippen molar-refractivity contribution >= 4 is 32.2 Å². The van der Waals surface area contributed by atoms with Gasteiger partial charge in [0.2, 0.25) is 10.0 Å². The molecule has 0 bridgehead atoms. The summed E-state index contributed by atoms with van der Waals surface area (Å²) in [7, 11) is -4.69. The zero-order valence-electron chi connectivity index (χ0n) is 16.0. The molecular formula is C18H27N3O5S2. The maximum atomic E-state index is 13.1. The summed E-state index contributed by atoms with van der Waals surface area (Å²) < 4.78 is 39.8. The van der Waals surface area contributed by atoms with Gasteiger partial charge in [-0.2, -0.15) is 4.31 Å². The number of hydrogen-bond acceptors (Lipinski definition) is 6. The third-order valence-corrected chi connectivity index (χ3v) is 9.18. The van der Waals surface area contributed by atoms with E-state index in [0.29, 0.717) is 31.0 Å². The lowest BCUT2D eigenvalue weighted by molar-refractivity contribution is -0.385. The van der Waals surface area contributed by atoms with Crippen LogP contribution in [0.25, 0.3) is 0 Å². The summed E-state index contributed by atoms with van der Waals surface area (Å²) in [6.07, 6.45) is 5.00. The molecule has 3 atom stereocenters. The van der Waals surface area contributed by atoms with Gasteiger partial charge in [-0.3, -0.25) is 14.3 Å². The van der Waals surface area contributed by atoms with Gasteiger partial charge in [0.25, 0.3) is 5.69 Å². The zero-order chi connectivity index (χ0) is 20.3. The Morgan fingerprint density at radius 2 is 1.96 bits per heavy atom. The van der Waals surface area contributed by atoms with Crippen molar-refractivity contribution in [1.82, 2.24) is 4.31 Å². The Morgan fingerprint density at radius 3 is 2.61 bits per heavy atom. The summed E-state index contributed by atoms with van der Waals surface area (Å²) in [5, 5.41) is 14.6. The molecule has 3 unspecified atom stereocenters. The Morgan fingerprint density at radius 1 is 1.25 bits per heavy atom. The van der Waals surface area contributed by atoms with E-state index in [1.54, 1.807) is 0 Å². The fourth-order valence-corrected chi connectivity index (χ4v) is 7.03. The average Bonchev–Trinajstić information content (AvgIpc) is 3.23. The smallest absolute Gasteiger partial charge is 0.270 e. The van der Waals surface area contributed by atoms with Gasteiger partial charge in [0.1, 0.15) is 4.90 Å². The quantitative estimate of drug-likeness (QED) is 0.527. The Labute approximate surface area is 168 Å². The first kappa shape index (κ1) is 21.2. The molecule has 156 valence electrons. The molecule has 1 aliphatic heterocycles. The molecule has 2 aliphatic rings. The van der Waals surface area contributed by atoms with Crippen molar-refractivity contribution in [2.45, 2.75) is 61.6 Å². The van der Waals surface area contributed by atoms with E-state index in [0.717, 1.165) is 38.2 Å². The molecule has 2 fully saturated rings. The number of sulfonamides is 1. The molecule has 1 aliphatic carbocycles. The van der Waals surface area contributed by atoms with E-state index in [2.05, 4.69) is 5.32 Å². The topological polar surface area (TPSA) is 110 Å². The molecule has 1 saturated heterocycles. The number of nitrogens with one attached hydrogen (secondary N) is 1. The van der Waals surface area contributed by atoms with Crippen molar-refractivity contribution in [3.8, 4) is 0 Å². The Hall–Kier alpha value is -1.52. The first-order valence-corrected chi connectivity index (χ1v) is 12.6. The van der Waals surface area contributed by atoms with Crippen molar-refractivity contribution in [2.75, 3.05) is 24.2 Å². The van der Waals surface area contributed by atoms with Crippen molar-refractivity contribution in [1.29, 1.82) is 0 Å². The Bertz CT molecular complexity index is 853. The molecule has 0 spiro atoms. The SMILES string of the molecule is CCS(=O)C1CCCC(Nc2ccc([N+](=O)[O-])cc2S(=O)(=O)N2CCCC2)C1. The van der Waals surface area contributed by atoms with Crippen LogP contribution in [0.3, 0.4) is 0 Å². The first-order valence-electron chi connectivity index (χ1n) is 9.75. The van der Waals surface area contributed by atoms with Gasteiger partial charge in [-0.05, 0) is 38.2 Å². The standard InChI is InChI=1S/C18H27N3O5S2/c1-2-27(24)16-7-5-6-14(12-16)19-17-9-8-15(21(22)23)13-18(17)28(25,26)20-10-3-4-11-20/h8-9,13-14,16,19H,2-7,10-12H2,1H3. The summed E-state index contributed by atoms with van der Waals surface area (Å²) in [5.74, 6) is 0.615. The predicted octanol–water partition coefficient (Wildman–Crippen LogP) is 2.87. The fraction of sp³-hybridized carbons (Fsp3) is 0.667. The molecule has 3 rings (SSSR count). The van der Waals surface area contributed by atoms with Crippen molar-refractivity contribution < 1.29 is 17.6 Å². The molecule has 1 N–H and O–H groups in total. The lowest BCUT2D eigenvalue weighted by Gasteiger charge is -2.30. The first-order chi connectivity index (χ1) is 13.3. The third-order valence-electron chi connectivity index (χ3n) is 5.50. The molecule has 0 aromatic heterocycles. The van der Waals surface area contributed by atoms with Gasteiger partial charge >= 0.3 is 0 Å². The van der Waals surface area contributed by atoms with E-state index in [1.165, 1.54) is 16.4 Å². The van der Waals surface area contributed by atoms with Crippen molar-refractivity contribution in [2.24, 2.45) is 0 Å². The van der Waals surface area contributed by atoms with Crippen LogP contribution in [0.1, 0.15) is 45.4 Å². The highest BCUT2D eigenvalue weighted by Gasteiger charge is 2.32. The van der Waals surface area contributed by atoms with Gasteiger partial charge < -0.3 is 5.32 Å². The number of nitrogens with zero attached hydrogens (tertiary/aromatic N) is 2. The van der Waals surface area contributed by atoms with E-state index in [1.807, 2.05) is 6.92 Å². The maximum Gasteiger partial charge on any atom is 0.270 e. The second-order valence-corrected chi connectivity index (χ2v) is 11.3. The molecule has 8 nitrogen and oxygen atoms in total. The van der Waals surface area contributed by atoms with E-state index >= 15 is 0 Å². The lowest BCUT2D eigenvalue weighted by Crippen LogP contribution is -2.34. The van der Waals surface area contributed by atoms with E-state index in [4.69, 9.17) is 0 Å². The molecule has 1 heterocycles. The lowest BCUT2D eigenvalue weighted by atomic mass is 9.94. The summed E-state index contributed by atoms with van der Waals surface area (Å²) >= 11 is 0. The minimum absolute atomic E-state index is 0.00299. The molecule has 1 saturated carbocycles. The van der Waals surface area contributed by atoms with Gasteiger partial charge in [-0.25, -0.2) is 8.42 Å². The molecule has 0 radical (unpaired) electrons. The number of nitro groups is 1. The minimum Gasteiger partial charge on any atom is -0.381 e. The second-order valence-electron chi connectivity index (χ2n) is 7.35. The van der Waals surface area contributed by atoms with Crippen LogP contribution in [0.4, 0.5) is 11.4 Å². The summed E-state index contributed by atoms with van der Waals surface area (Å²) in [5.41, 5.74) is 0.155. The number of non-ortho nitro benzene ring substituents is 1. The monoisotopic (exact) mass is 429 g/mol. The molecule has 1 aromatic carbocycles. The molecular weight excluding hydrogens is 402 g/mol. The average molecular weight is 430 g/mol. The van der Waals surface area contributed by atoms with Gasteiger partial charge in [-0.15, -0.1) is 0 Å². The van der Waals surface area contributed by atoms with Crippen LogP contribution in [0.5, 0.6) is 0 Å². The predicted molar refractivity (Wildman–Crippen MR) is 109 cm³/mol. The van der Waals surface area contributed by atoms with Crippen LogP contribution in [-0.2, 0) is 20.8 Å². The number of nitro benzene ring substituents is 1. The van der Waals surface area contributed by atoms with E-state index in [9.17, 15) is 22.7 Å². The van der Waals surface area contributed by atoms with E-state index in [-0.39, 0.29) is 21.9 Å². The minimum atomic E-state index is -3.80. The summed E-state index contributed by atoms with van der Waals surface area (Å²) in [6.45, 7) is 2.78. The largest absolute Gasteiger partial charge is 0.381 e. The summed E-state index contributed by atoms with van der Waals surface area (Å²) in [6, 6.07) is 3.97. The molecule has 10 heteroatoms. The Kier molecular flexibility index (Phi) is 6.72. The molecule has 1 aromatic rings. The third kappa shape index (κ3) is 4.55.